The number of rotatable bonds is 6. The number of aliphatic imine (C=N–C) groups is 1. The Kier molecular flexibility index (Phi) is 6.20. The van der Waals surface area contributed by atoms with Crippen LogP contribution in [-0.2, 0) is 4.79 Å². The van der Waals surface area contributed by atoms with Crippen LogP contribution in [-0.4, -0.2) is 73.5 Å². The third-order valence-corrected chi connectivity index (χ3v) is 5.74. The number of carbonyl (C=O) groups excluding carboxylic acids is 1. The molecule has 2 aliphatic carbocycles. The van der Waals surface area contributed by atoms with E-state index >= 15 is 0 Å². The Morgan fingerprint density at radius 1 is 1.16 bits per heavy atom. The van der Waals surface area contributed by atoms with Crippen molar-refractivity contribution in [2.45, 2.75) is 58.4 Å². The van der Waals surface area contributed by atoms with Gasteiger partial charge in [-0.25, -0.2) is 0 Å². The van der Waals surface area contributed by atoms with Crippen molar-refractivity contribution < 1.29 is 4.79 Å². The molecule has 0 spiro atoms. The van der Waals surface area contributed by atoms with Gasteiger partial charge in [-0.3, -0.25) is 14.7 Å². The van der Waals surface area contributed by atoms with Crippen LogP contribution in [0.25, 0.3) is 0 Å². The highest BCUT2D eigenvalue weighted by Gasteiger charge is 2.29. The highest BCUT2D eigenvalue weighted by molar-refractivity contribution is 5.80. The van der Waals surface area contributed by atoms with Crippen LogP contribution in [0.5, 0.6) is 0 Å². The van der Waals surface area contributed by atoms with Crippen molar-refractivity contribution in [2.75, 3.05) is 45.8 Å². The minimum absolute atomic E-state index is 0.186. The van der Waals surface area contributed by atoms with E-state index in [1.54, 1.807) is 0 Å². The van der Waals surface area contributed by atoms with Crippen LogP contribution in [0.2, 0.25) is 0 Å². The van der Waals surface area contributed by atoms with Gasteiger partial charge in [0, 0.05) is 45.3 Å². The lowest BCUT2D eigenvalue weighted by atomic mass is 9.89. The van der Waals surface area contributed by atoms with E-state index in [0.29, 0.717) is 18.0 Å². The summed E-state index contributed by atoms with van der Waals surface area (Å²) < 4.78 is 0. The third-order valence-electron chi connectivity index (χ3n) is 5.74. The molecule has 3 rings (SSSR count). The minimum atomic E-state index is 0.186. The van der Waals surface area contributed by atoms with E-state index in [9.17, 15) is 4.79 Å². The summed E-state index contributed by atoms with van der Waals surface area (Å²) in [5.41, 5.74) is 0.392. The first-order chi connectivity index (χ1) is 12.1. The van der Waals surface area contributed by atoms with Gasteiger partial charge in [0.05, 0.1) is 6.54 Å². The van der Waals surface area contributed by atoms with Crippen LogP contribution in [0, 0.1) is 5.41 Å². The van der Waals surface area contributed by atoms with E-state index in [4.69, 9.17) is 4.99 Å². The van der Waals surface area contributed by atoms with E-state index in [-0.39, 0.29) is 5.91 Å². The second-order valence-electron chi connectivity index (χ2n) is 8.29. The highest BCUT2D eigenvalue weighted by atomic mass is 16.2. The maximum atomic E-state index is 12.0. The summed E-state index contributed by atoms with van der Waals surface area (Å²) in [6.45, 7) is 10.6. The van der Waals surface area contributed by atoms with Gasteiger partial charge in [0.2, 0.25) is 5.91 Å². The molecule has 1 aliphatic heterocycles. The Morgan fingerprint density at radius 3 is 2.44 bits per heavy atom. The van der Waals surface area contributed by atoms with Gasteiger partial charge in [-0.05, 0) is 38.0 Å². The number of piperazine rings is 1. The van der Waals surface area contributed by atoms with Crippen LogP contribution in [0.4, 0.5) is 0 Å². The Hall–Kier alpha value is -1.30. The number of hydrogen-bond donors (Lipinski definition) is 2. The van der Waals surface area contributed by atoms with Gasteiger partial charge < -0.3 is 15.5 Å². The Morgan fingerprint density at radius 2 is 1.84 bits per heavy atom. The smallest absolute Gasteiger partial charge is 0.234 e. The SMILES string of the molecule is CCNC(=NCC1(C)CCCC1)N1CCN(CC(=O)NC2CC2)CC1. The highest BCUT2D eigenvalue weighted by Crippen LogP contribution is 2.37. The lowest BCUT2D eigenvalue weighted by molar-refractivity contribution is -0.122. The Balaban J connectivity index is 1.46. The molecule has 142 valence electrons. The van der Waals surface area contributed by atoms with Crippen LogP contribution in [0.1, 0.15) is 52.4 Å². The lowest BCUT2D eigenvalue weighted by Crippen LogP contribution is -2.54. The normalized spacial score (nSPS) is 24.4. The minimum Gasteiger partial charge on any atom is -0.357 e. The van der Waals surface area contributed by atoms with Crippen LogP contribution < -0.4 is 10.6 Å². The quantitative estimate of drug-likeness (QED) is 0.563. The van der Waals surface area contributed by atoms with Crippen molar-refractivity contribution >= 4 is 11.9 Å². The molecule has 1 amide bonds. The van der Waals surface area contributed by atoms with Gasteiger partial charge in [0.1, 0.15) is 0 Å². The maximum Gasteiger partial charge on any atom is 0.234 e. The number of amides is 1. The van der Waals surface area contributed by atoms with Crippen molar-refractivity contribution in [3.63, 3.8) is 0 Å². The number of nitrogens with zero attached hydrogens (tertiary/aromatic N) is 3. The molecule has 6 nitrogen and oxygen atoms in total. The van der Waals surface area contributed by atoms with Gasteiger partial charge in [-0.1, -0.05) is 19.8 Å². The fourth-order valence-electron chi connectivity index (χ4n) is 3.90. The molecule has 0 atom stereocenters. The summed E-state index contributed by atoms with van der Waals surface area (Å²) >= 11 is 0. The second-order valence-corrected chi connectivity index (χ2v) is 8.29. The summed E-state index contributed by atoms with van der Waals surface area (Å²) in [5, 5.41) is 6.54. The first-order valence-corrected chi connectivity index (χ1v) is 10.1. The molecule has 1 saturated heterocycles. The van der Waals surface area contributed by atoms with E-state index in [0.717, 1.165) is 58.1 Å². The molecule has 6 heteroatoms. The average Bonchev–Trinajstić information content (AvgIpc) is 3.30. The first-order valence-electron chi connectivity index (χ1n) is 10.1. The van der Waals surface area contributed by atoms with Crippen LogP contribution in [0.3, 0.4) is 0 Å². The zero-order valence-corrected chi connectivity index (χ0v) is 16.0. The van der Waals surface area contributed by atoms with E-state index in [1.807, 2.05) is 0 Å². The number of carbonyl (C=O) groups is 1. The van der Waals surface area contributed by atoms with Crippen molar-refractivity contribution in [2.24, 2.45) is 10.4 Å². The topological polar surface area (TPSA) is 60.0 Å². The summed E-state index contributed by atoms with van der Waals surface area (Å²) in [6.07, 6.45) is 7.62. The zero-order valence-electron chi connectivity index (χ0n) is 16.0. The number of nitrogens with one attached hydrogen (secondary N) is 2. The van der Waals surface area contributed by atoms with Gasteiger partial charge in [-0.2, -0.15) is 0 Å². The Bertz CT molecular complexity index is 474. The summed E-state index contributed by atoms with van der Waals surface area (Å²) in [7, 11) is 0. The molecule has 0 aromatic rings. The summed E-state index contributed by atoms with van der Waals surface area (Å²) in [4.78, 5) is 21.5. The molecular weight excluding hydrogens is 314 g/mol. The molecule has 0 unspecified atom stereocenters. The van der Waals surface area contributed by atoms with Gasteiger partial charge in [0.25, 0.3) is 0 Å². The predicted molar refractivity (Wildman–Crippen MR) is 102 cm³/mol. The average molecular weight is 350 g/mol. The molecule has 0 radical (unpaired) electrons. The fourth-order valence-corrected chi connectivity index (χ4v) is 3.90. The lowest BCUT2D eigenvalue weighted by Gasteiger charge is -2.36. The maximum absolute atomic E-state index is 12.0. The number of hydrogen-bond acceptors (Lipinski definition) is 3. The van der Waals surface area contributed by atoms with Crippen molar-refractivity contribution in [3.05, 3.63) is 0 Å². The molecule has 1 heterocycles. The molecule has 25 heavy (non-hydrogen) atoms. The summed E-state index contributed by atoms with van der Waals surface area (Å²) in [6, 6.07) is 0.457. The van der Waals surface area contributed by atoms with Crippen LogP contribution >= 0.6 is 0 Å². The molecule has 0 aromatic heterocycles. The fraction of sp³-hybridized carbons (Fsp3) is 0.895. The van der Waals surface area contributed by atoms with Crippen LogP contribution in [0.15, 0.2) is 4.99 Å². The summed E-state index contributed by atoms with van der Waals surface area (Å²) in [5.74, 6) is 1.24. The first kappa shape index (κ1) is 18.5. The molecule has 2 saturated carbocycles. The third kappa shape index (κ3) is 5.59. The molecule has 3 aliphatic rings. The van der Waals surface area contributed by atoms with Gasteiger partial charge in [0.15, 0.2) is 5.96 Å². The van der Waals surface area contributed by atoms with Gasteiger partial charge >= 0.3 is 0 Å². The van der Waals surface area contributed by atoms with Crippen molar-refractivity contribution in [3.8, 4) is 0 Å². The molecule has 0 aromatic carbocycles. The zero-order chi connectivity index (χ0) is 17.7. The monoisotopic (exact) mass is 349 g/mol. The van der Waals surface area contributed by atoms with Crippen molar-refractivity contribution in [1.82, 2.24) is 20.4 Å². The number of guanidine groups is 1. The standard InChI is InChI=1S/C19H35N5O/c1-3-20-18(21-15-19(2)8-4-5-9-19)24-12-10-23(11-13-24)14-17(25)22-16-6-7-16/h16H,3-15H2,1-2H3,(H,20,21)(H,22,25). The van der Waals surface area contributed by atoms with Gasteiger partial charge in [-0.15, -0.1) is 0 Å². The molecule has 3 fully saturated rings. The predicted octanol–water partition coefficient (Wildman–Crippen LogP) is 1.43. The molecule has 0 bridgehead atoms. The van der Waals surface area contributed by atoms with E-state index in [1.165, 1.54) is 25.7 Å². The molecular formula is C19H35N5O. The van der Waals surface area contributed by atoms with E-state index < -0.39 is 0 Å². The molecule has 2 N–H and O–H groups in total. The van der Waals surface area contributed by atoms with E-state index in [2.05, 4.69) is 34.3 Å². The van der Waals surface area contributed by atoms with Crippen molar-refractivity contribution in [1.29, 1.82) is 0 Å². The Labute approximate surface area is 152 Å². The second kappa shape index (κ2) is 8.39. The largest absolute Gasteiger partial charge is 0.357 e.